The third kappa shape index (κ3) is 5.81. The number of likely N-dealkylation sites (N-methyl/N-ethyl adjacent to an activating group) is 1. The van der Waals surface area contributed by atoms with Crippen LogP contribution in [0.3, 0.4) is 0 Å². The number of aromatic nitrogens is 2. The number of rotatable bonds is 8. The Hall–Kier alpha value is -4.80. The standard InChI is InChI=1S/C29H28F4N6O6S/c1-16(29(31,32)33)38(13-17-4-7-19(30)8-5-17)25(41)14-39-26(42)28(35-27(39)43)15-46(44,45)23-10-18(6-9-21(23)28)20-12-34-36-22(20)11-24(40)37(2)3/h4-10,12,16H,11,13-15H2,1-3H3,(H,34,36)(H,35,43)/t16-,28?/m0/s1. The van der Waals surface area contributed by atoms with Gasteiger partial charge in [0.2, 0.25) is 11.8 Å². The molecule has 17 heteroatoms. The number of aromatic amines is 1. The van der Waals surface area contributed by atoms with Gasteiger partial charge in [0, 0.05) is 38.0 Å². The van der Waals surface area contributed by atoms with E-state index >= 15 is 0 Å². The monoisotopic (exact) mass is 664 g/mol. The SMILES string of the molecule is C[C@H](N(Cc1ccc(F)cc1)C(=O)CN1C(=O)NC2(CS(=O)(=O)c3cc(-c4c[nH]nc4CC(=O)N(C)C)ccc32)C1=O)C(F)(F)F. The van der Waals surface area contributed by atoms with Crippen molar-refractivity contribution < 1.29 is 45.2 Å². The Morgan fingerprint density at radius 2 is 1.76 bits per heavy atom. The molecule has 1 saturated heterocycles. The Labute approximate surface area is 260 Å². The number of nitrogens with zero attached hydrogens (tertiary/aromatic N) is 4. The third-order valence-corrected chi connectivity index (χ3v) is 9.85. The van der Waals surface area contributed by atoms with Gasteiger partial charge in [0.1, 0.15) is 18.4 Å². The number of amides is 5. The average Bonchev–Trinajstić information content (AvgIpc) is 3.60. The molecule has 5 rings (SSSR count). The summed E-state index contributed by atoms with van der Waals surface area (Å²) in [5, 5.41) is 9.09. The third-order valence-electron chi connectivity index (χ3n) is 8.03. The average molecular weight is 665 g/mol. The van der Waals surface area contributed by atoms with Crippen LogP contribution in [0.2, 0.25) is 0 Å². The number of H-pyrrole nitrogens is 1. The van der Waals surface area contributed by atoms with Gasteiger partial charge in [-0.15, -0.1) is 0 Å². The lowest BCUT2D eigenvalue weighted by Crippen LogP contribution is -2.51. The molecule has 2 N–H and O–H groups in total. The van der Waals surface area contributed by atoms with Gasteiger partial charge >= 0.3 is 12.2 Å². The Morgan fingerprint density at radius 1 is 1.09 bits per heavy atom. The molecule has 0 radical (unpaired) electrons. The lowest BCUT2D eigenvalue weighted by atomic mass is 9.90. The van der Waals surface area contributed by atoms with Gasteiger partial charge in [0.25, 0.3) is 5.91 Å². The van der Waals surface area contributed by atoms with E-state index in [-0.39, 0.29) is 28.4 Å². The van der Waals surface area contributed by atoms with Crippen molar-refractivity contribution in [1.82, 2.24) is 30.2 Å². The molecular formula is C29H28F4N6O6S. The number of benzene rings is 2. The summed E-state index contributed by atoms with van der Waals surface area (Å²) in [6, 6.07) is 5.02. The first-order chi connectivity index (χ1) is 21.4. The lowest BCUT2D eigenvalue weighted by Gasteiger charge is -2.32. The van der Waals surface area contributed by atoms with Gasteiger partial charge in [0.15, 0.2) is 15.4 Å². The summed E-state index contributed by atoms with van der Waals surface area (Å²) in [5.74, 6) is -4.15. The highest BCUT2D eigenvalue weighted by atomic mass is 32.2. The molecule has 1 aromatic heterocycles. The fourth-order valence-electron chi connectivity index (χ4n) is 5.43. The molecule has 12 nitrogen and oxygen atoms in total. The molecule has 0 bridgehead atoms. The minimum Gasteiger partial charge on any atom is -0.348 e. The second-order valence-electron chi connectivity index (χ2n) is 11.3. The number of hydrogen-bond donors (Lipinski definition) is 2. The molecular weight excluding hydrogens is 636 g/mol. The van der Waals surface area contributed by atoms with E-state index in [4.69, 9.17) is 0 Å². The first-order valence-corrected chi connectivity index (χ1v) is 15.4. The number of carbonyl (C=O) groups is 4. The first-order valence-electron chi connectivity index (χ1n) is 13.8. The molecule has 2 aromatic carbocycles. The fraction of sp³-hybridized carbons (Fsp3) is 0.345. The van der Waals surface area contributed by atoms with Crippen molar-refractivity contribution in [3.8, 4) is 11.1 Å². The number of alkyl halides is 3. The molecule has 0 saturated carbocycles. The van der Waals surface area contributed by atoms with Gasteiger partial charge in [-0.05, 0) is 36.2 Å². The number of halogens is 4. The molecule has 46 heavy (non-hydrogen) atoms. The van der Waals surface area contributed by atoms with Crippen LogP contribution in [0.4, 0.5) is 22.4 Å². The molecule has 1 unspecified atom stereocenters. The smallest absolute Gasteiger partial charge is 0.348 e. The highest BCUT2D eigenvalue weighted by molar-refractivity contribution is 7.92. The second kappa shape index (κ2) is 11.5. The molecule has 5 amide bonds. The van der Waals surface area contributed by atoms with Crippen LogP contribution in [-0.4, -0.2) is 95.7 Å². The van der Waals surface area contributed by atoms with E-state index < -0.39 is 70.1 Å². The largest absolute Gasteiger partial charge is 0.408 e. The number of urea groups is 1. The molecule has 2 aliphatic rings. The predicted octanol–water partition coefficient (Wildman–Crippen LogP) is 2.36. The van der Waals surface area contributed by atoms with E-state index in [9.17, 15) is 45.2 Å². The molecule has 1 fully saturated rings. The summed E-state index contributed by atoms with van der Waals surface area (Å²) in [7, 11) is -1.07. The van der Waals surface area contributed by atoms with Crippen molar-refractivity contribution in [3.05, 3.63) is 71.3 Å². The topological polar surface area (TPSA) is 153 Å². The van der Waals surface area contributed by atoms with Crippen molar-refractivity contribution in [2.24, 2.45) is 0 Å². The molecule has 0 aliphatic carbocycles. The minimum absolute atomic E-state index is 0.0780. The summed E-state index contributed by atoms with van der Waals surface area (Å²) < 4.78 is 81.3. The van der Waals surface area contributed by atoms with E-state index in [1.807, 2.05) is 0 Å². The molecule has 3 aromatic rings. The number of imide groups is 1. The zero-order valence-corrected chi connectivity index (χ0v) is 25.5. The number of fused-ring (bicyclic) bond motifs is 2. The summed E-state index contributed by atoms with van der Waals surface area (Å²) >= 11 is 0. The normalized spacial score (nSPS) is 19.2. The van der Waals surface area contributed by atoms with E-state index in [0.29, 0.717) is 26.6 Å². The summed E-state index contributed by atoms with van der Waals surface area (Å²) in [6.07, 6.45) is -3.48. The minimum atomic E-state index is -4.88. The van der Waals surface area contributed by atoms with Gasteiger partial charge in [0.05, 0.1) is 22.8 Å². The number of carbonyl (C=O) groups excluding carboxylic acids is 4. The van der Waals surface area contributed by atoms with Gasteiger partial charge in [-0.1, -0.05) is 24.3 Å². The molecule has 3 heterocycles. The van der Waals surface area contributed by atoms with Gasteiger partial charge in [-0.25, -0.2) is 17.6 Å². The van der Waals surface area contributed by atoms with Crippen LogP contribution in [0.25, 0.3) is 11.1 Å². The van der Waals surface area contributed by atoms with Crippen molar-refractivity contribution in [2.45, 2.75) is 42.5 Å². The van der Waals surface area contributed by atoms with E-state index in [0.717, 1.165) is 19.1 Å². The van der Waals surface area contributed by atoms with Crippen LogP contribution in [0, 0.1) is 5.82 Å². The highest BCUT2D eigenvalue weighted by Gasteiger charge is 2.60. The van der Waals surface area contributed by atoms with E-state index in [2.05, 4.69) is 15.5 Å². The van der Waals surface area contributed by atoms with E-state index in [1.165, 1.54) is 41.4 Å². The molecule has 2 aliphatic heterocycles. The quantitative estimate of drug-likeness (QED) is 0.277. The maximum absolute atomic E-state index is 13.8. The maximum Gasteiger partial charge on any atom is 0.408 e. The number of hydrogen-bond acceptors (Lipinski definition) is 7. The lowest BCUT2D eigenvalue weighted by molar-refractivity contribution is -0.187. The fourth-order valence-corrected chi connectivity index (χ4v) is 7.39. The van der Waals surface area contributed by atoms with Crippen LogP contribution < -0.4 is 5.32 Å². The van der Waals surface area contributed by atoms with Crippen LogP contribution in [0.1, 0.15) is 23.7 Å². The van der Waals surface area contributed by atoms with Crippen LogP contribution in [-0.2, 0) is 42.7 Å². The van der Waals surface area contributed by atoms with Crippen LogP contribution in [0.5, 0.6) is 0 Å². The maximum atomic E-state index is 13.8. The Balaban J connectivity index is 1.44. The molecule has 1 spiro atoms. The highest BCUT2D eigenvalue weighted by Crippen LogP contribution is 2.44. The van der Waals surface area contributed by atoms with Gasteiger partial charge < -0.3 is 15.1 Å². The Bertz CT molecular complexity index is 1840. The summed E-state index contributed by atoms with van der Waals surface area (Å²) in [5.41, 5.74) is -0.901. The molecule has 2 atom stereocenters. The second-order valence-corrected chi connectivity index (χ2v) is 13.2. The van der Waals surface area contributed by atoms with Gasteiger partial charge in [-0.3, -0.25) is 24.4 Å². The Morgan fingerprint density at radius 3 is 2.39 bits per heavy atom. The predicted molar refractivity (Wildman–Crippen MR) is 153 cm³/mol. The van der Waals surface area contributed by atoms with Crippen molar-refractivity contribution in [3.63, 3.8) is 0 Å². The zero-order chi connectivity index (χ0) is 33.8. The molecule has 244 valence electrons. The van der Waals surface area contributed by atoms with Crippen LogP contribution >= 0.6 is 0 Å². The summed E-state index contributed by atoms with van der Waals surface area (Å²) in [6.45, 7) is -0.988. The first kappa shape index (κ1) is 32.6. The van der Waals surface area contributed by atoms with E-state index in [1.54, 1.807) is 14.1 Å². The number of nitrogens with one attached hydrogen (secondary N) is 2. The van der Waals surface area contributed by atoms with Crippen molar-refractivity contribution in [2.75, 3.05) is 26.4 Å². The van der Waals surface area contributed by atoms with Gasteiger partial charge in [-0.2, -0.15) is 18.3 Å². The van der Waals surface area contributed by atoms with Crippen LogP contribution in [0.15, 0.2) is 53.6 Å². The number of sulfone groups is 1. The Kier molecular flexibility index (Phi) is 8.17. The van der Waals surface area contributed by atoms with Crippen molar-refractivity contribution >= 4 is 33.6 Å². The van der Waals surface area contributed by atoms with Crippen molar-refractivity contribution in [1.29, 1.82) is 0 Å². The zero-order valence-electron chi connectivity index (χ0n) is 24.7. The summed E-state index contributed by atoms with van der Waals surface area (Å²) in [4.78, 5) is 54.2.